The molecule has 1 aliphatic heterocycles. The summed E-state index contributed by atoms with van der Waals surface area (Å²) in [5.74, 6) is 0.543. The number of sulfonamides is 1. The maximum Gasteiger partial charge on any atom is 0.244 e. The molecule has 7 nitrogen and oxygen atoms in total. The topological polar surface area (TPSA) is 105 Å². The van der Waals surface area contributed by atoms with Crippen molar-refractivity contribution in [3.63, 3.8) is 0 Å². The van der Waals surface area contributed by atoms with Crippen LogP contribution < -0.4 is 10.5 Å². The SMILES string of the molecule is CC1CCN(C(=O)CCNS(=O)(=O)c2cc(Br)cnc2N)CC1. The Labute approximate surface area is 144 Å². The quantitative estimate of drug-likeness (QED) is 0.770. The number of aromatic nitrogens is 1. The van der Waals surface area contributed by atoms with Crippen LogP contribution in [-0.2, 0) is 14.8 Å². The molecule has 1 fully saturated rings. The fourth-order valence-electron chi connectivity index (χ4n) is 2.43. The second-order valence-electron chi connectivity index (χ2n) is 5.75. The Balaban J connectivity index is 1.90. The van der Waals surface area contributed by atoms with E-state index in [1.807, 2.05) is 0 Å². The molecule has 0 bridgehead atoms. The van der Waals surface area contributed by atoms with Gasteiger partial charge in [0.1, 0.15) is 10.7 Å². The first-order chi connectivity index (χ1) is 10.8. The third kappa shape index (κ3) is 4.89. The van der Waals surface area contributed by atoms with Crippen molar-refractivity contribution >= 4 is 37.7 Å². The lowest BCUT2D eigenvalue weighted by atomic mass is 9.99. The molecule has 0 atom stereocenters. The van der Waals surface area contributed by atoms with E-state index >= 15 is 0 Å². The fraction of sp³-hybridized carbons (Fsp3) is 0.571. The monoisotopic (exact) mass is 404 g/mol. The average molecular weight is 405 g/mol. The predicted molar refractivity (Wildman–Crippen MR) is 91.1 cm³/mol. The molecule has 128 valence electrons. The van der Waals surface area contributed by atoms with E-state index in [0.717, 1.165) is 25.9 Å². The van der Waals surface area contributed by atoms with Gasteiger partial charge in [-0.1, -0.05) is 6.92 Å². The summed E-state index contributed by atoms with van der Waals surface area (Å²) >= 11 is 3.17. The molecular formula is C14H21BrN4O3S. The van der Waals surface area contributed by atoms with E-state index in [4.69, 9.17) is 5.73 Å². The normalized spacial score (nSPS) is 16.5. The minimum Gasteiger partial charge on any atom is -0.383 e. The number of hydrogen-bond donors (Lipinski definition) is 2. The van der Waals surface area contributed by atoms with Gasteiger partial charge in [-0.15, -0.1) is 0 Å². The summed E-state index contributed by atoms with van der Waals surface area (Å²) in [5.41, 5.74) is 5.61. The highest BCUT2D eigenvalue weighted by molar-refractivity contribution is 9.10. The Hall–Kier alpha value is -1.19. The Bertz CT molecular complexity index is 673. The highest BCUT2D eigenvalue weighted by atomic mass is 79.9. The number of piperidine rings is 1. The number of likely N-dealkylation sites (tertiary alicyclic amines) is 1. The van der Waals surface area contributed by atoms with E-state index in [1.165, 1.54) is 12.3 Å². The number of carbonyl (C=O) groups is 1. The molecule has 0 spiro atoms. The number of hydrogen-bond acceptors (Lipinski definition) is 5. The van der Waals surface area contributed by atoms with Gasteiger partial charge in [-0.2, -0.15) is 0 Å². The van der Waals surface area contributed by atoms with Gasteiger partial charge in [-0.3, -0.25) is 4.79 Å². The molecule has 2 heterocycles. The zero-order valence-corrected chi connectivity index (χ0v) is 15.4. The molecule has 3 N–H and O–H groups in total. The summed E-state index contributed by atoms with van der Waals surface area (Å²) in [5, 5.41) is 0. The summed E-state index contributed by atoms with van der Waals surface area (Å²) in [7, 11) is -3.79. The zero-order chi connectivity index (χ0) is 17.0. The molecule has 0 radical (unpaired) electrons. The number of rotatable bonds is 5. The second-order valence-corrected chi connectivity index (χ2v) is 8.40. The number of pyridine rings is 1. The van der Waals surface area contributed by atoms with Crippen LogP contribution in [0.15, 0.2) is 21.6 Å². The Kier molecular flexibility index (Phi) is 5.99. The summed E-state index contributed by atoms with van der Waals surface area (Å²) in [4.78, 5) is 17.6. The standard InChI is InChI=1S/C14H21BrN4O3S/c1-10-3-6-19(7-4-10)13(20)2-5-18-23(21,22)12-8-11(15)9-17-14(12)16/h8-10,18H,2-7H2,1H3,(H2,16,17). The summed E-state index contributed by atoms with van der Waals surface area (Å²) < 4.78 is 27.4. The number of carbonyl (C=O) groups excluding carboxylic acids is 1. The maximum absolute atomic E-state index is 12.2. The first kappa shape index (κ1) is 18.2. The number of nitrogens with two attached hydrogens (primary N) is 1. The molecule has 2 rings (SSSR count). The fourth-order valence-corrected chi connectivity index (χ4v) is 4.05. The molecule has 0 saturated carbocycles. The van der Waals surface area contributed by atoms with Gasteiger partial charge in [-0.25, -0.2) is 18.1 Å². The third-order valence-corrected chi connectivity index (χ3v) is 5.83. The number of amides is 1. The Morgan fingerprint density at radius 2 is 2.13 bits per heavy atom. The van der Waals surface area contributed by atoms with Crippen LogP contribution in [0.2, 0.25) is 0 Å². The van der Waals surface area contributed by atoms with Gasteiger partial charge in [0, 0.05) is 36.7 Å². The second kappa shape index (κ2) is 7.59. The van der Waals surface area contributed by atoms with Gasteiger partial charge in [0.15, 0.2) is 0 Å². The summed E-state index contributed by atoms with van der Waals surface area (Å²) in [6, 6.07) is 1.39. The molecule has 9 heteroatoms. The van der Waals surface area contributed by atoms with Crippen molar-refractivity contribution in [3.05, 3.63) is 16.7 Å². The van der Waals surface area contributed by atoms with Crippen LogP contribution in [0, 0.1) is 5.92 Å². The van der Waals surface area contributed by atoms with Crippen molar-refractivity contribution in [1.29, 1.82) is 0 Å². The minimum absolute atomic E-state index is 0.0278. The van der Waals surface area contributed by atoms with Gasteiger partial charge >= 0.3 is 0 Å². The molecule has 1 amide bonds. The van der Waals surface area contributed by atoms with E-state index < -0.39 is 10.0 Å². The number of anilines is 1. The number of nitrogen functional groups attached to an aromatic ring is 1. The predicted octanol–water partition coefficient (Wildman–Crippen LogP) is 1.35. The van der Waals surface area contributed by atoms with E-state index in [2.05, 4.69) is 32.6 Å². The number of nitrogens with zero attached hydrogens (tertiary/aromatic N) is 2. The van der Waals surface area contributed by atoms with Gasteiger partial charge in [-0.05, 0) is 40.8 Å². The van der Waals surface area contributed by atoms with Crippen LogP contribution in [0.1, 0.15) is 26.2 Å². The van der Waals surface area contributed by atoms with E-state index in [-0.39, 0.29) is 29.6 Å². The van der Waals surface area contributed by atoms with Crippen molar-refractivity contribution in [3.8, 4) is 0 Å². The third-order valence-electron chi connectivity index (χ3n) is 3.91. The lowest BCUT2D eigenvalue weighted by molar-refractivity contribution is -0.132. The van der Waals surface area contributed by atoms with Crippen LogP contribution in [0.3, 0.4) is 0 Å². The van der Waals surface area contributed by atoms with Crippen molar-refractivity contribution in [2.24, 2.45) is 5.92 Å². The smallest absolute Gasteiger partial charge is 0.244 e. The van der Waals surface area contributed by atoms with Crippen LogP contribution >= 0.6 is 15.9 Å². The Morgan fingerprint density at radius 1 is 1.48 bits per heavy atom. The summed E-state index contributed by atoms with van der Waals surface area (Å²) in [6.45, 7) is 3.70. The molecular weight excluding hydrogens is 384 g/mol. The largest absolute Gasteiger partial charge is 0.383 e. The molecule has 1 saturated heterocycles. The number of nitrogens with one attached hydrogen (secondary N) is 1. The lowest BCUT2D eigenvalue weighted by Crippen LogP contribution is -2.39. The molecule has 0 aliphatic carbocycles. The first-order valence-electron chi connectivity index (χ1n) is 7.48. The van der Waals surface area contributed by atoms with E-state index in [0.29, 0.717) is 10.4 Å². The van der Waals surface area contributed by atoms with Crippen LogP contribution in [0.5, 0.6) is 0 Å². The highest BCUT2D eigenvalue weighted by Crippen LogP contribution is 2.20. The first-order valence-corrected chi connectivity index (χ1v) is 9.75. The Morgan fingerprint density at radius 3 is 2.78 bits per heavy atom. The van der Waals surface area contributed by atoms with Gasteiger partial charge in [0.2, 0.25) is 15.9 Å². The highest BCUT2D eigenvalue weighted by Gasteiger charge is 2.22. The molecule has 0 aromatic carbocycles. The zero-order valence-electron chi connectivity index (χ0n) is 13.0. The van der Waals surface area contributed by atoms with Gasteiger partial charge < -0.3 is 10.6 Å². The molecule has 1 aromatic rings. The van der Waals surface area contributed by atoms with Crippen LogP contribution in [-0.4, -0.2) is 43.8 Å². The summed E-state index contributed by atoms with van der Waals surface area (Å²) in [6.07, 6.45) is 3.56. The van der Waals surface area contributed by atoms with Crippen LogP contribution in [0.4, 0.5) is 5.82 Å². The molecule has 23 heavy (non-hydrogen) atoms. The van der Waals surface area contributed by atoms with Crippen molar-refractivity contribution in [2.75, 3.05) is 25.4 Å². The van der Waals surface area contributed by atoms with Gasteiger partial charge in [0.25, 0.3) is 0 Å². The average Bonchev–Trinajstić information content (AvgIpc) is 2.50. The van der Waals surface area contributed by atoms with Crippen molar-refractivity contribution in [1.82, 2.24) is 14.6 Å². The van der Waals surface area contributed by atoms with Crippen LogP contribution in [0.25, 0.3) is 0 Å². The van der Waals surface area contributed by atoms with Gasteiger partial charge in [0.05, 0.1) is 0 Å². The molecule has 0 unspecified atom stereocenters. The van der Waals surface area contributed by atoms with Crippen molar-refractivity contribution in [2.45, 2.75) is 31.1 Å². The lowest BCUT2D eigenvalue weighted by Gasteiger charge is -2.30. The van der Waals surface area contributed by atoms with E-state index in [9.17, 15) is 13.2 Å². The van der Waals surface area contributed by atoms with Crippen molar-refractivity contribution < 1.29 is 13.2 Å². The molecule has 1 aromatic heterocycles. The molecule has 1 aliphatic rings. The number of halogens is 1. The van der Waals surface area contributed by atoms with E-state index in [1.54, 1.807) is 4.90 Å². The minimum atomic E-state index is -3.79. The maximum atomic E-state index is 12.2.